The molecule has 1 aromatic carbocycles. The van der Waals surface area contributed by atoms with Crippen molar-refractivity contribution in [2.75, 3.05) is 13.1 Å². The summed E-state index contributed by atoms with van der Waals surface area (Å²) in [6.45, 7) is 1.83. The highest BCUT2D eigenvalue weighted by Gasteiger charge is 2.12. The molecule has 1 saturated heterocycles. The van der Waals surface area contributed by atoms with Gasteiger partial charge >= 0.3 is 0 Å². The molecule has 3 nitrogen and oxygen atoms in total. The summed E-state index contributed by atoms with van der Waals surface area (Å²) < 4.78 is 0. The average molecular weight is 279 g/mol. The number of benzene rings is 1. The SMILES string of the molecule is O=C(/C=C/c1ccc(Cl)cc1)NCC[C@H]1CCCN1. The number of hydrogen-bond donors (Lipinski definition) is 2. The first-order chi connectivity index (χ1) is 9.24. The van der Waals surface area contributed by atoms with E-state index in [0.717, 1.165) is 25.1 Å². The van der Waals surface area contributed by atoms with E-state index in [0.29, 0.717) is 11.1 Å². The van der Waals surface area contributed by atoms with Gasteiger partial charge in [0.1, 0.15) is 0 Å². The van der Waals surface area contributed by atoms with Gasteiger partial charge in [0, 0.05) is 23.7 Å². The smallest absolute Gasteiger partial charge is 0.243 e. The fourth-order valence-corrected chi connectivity index (χ4v) is 2.30. The van der Waals surface area contributed by atoms with Crippen molar-refractivity contribution in [3.63, 3.8) is 0 Å². The zero-order valence-corrected chi connectivity index (χ0v) is 11.6. The van der Waals surface area contributed by atoms with E-state index in [1.807, 2.05) is 24.3 Å². The zero-order chi connectivity index (χ0) is 13.5. The molecule has 1 heterocycles. The monoisotopic (exact) mass is 278 g/mol. The van der Waals surface area contributed by atoms with Crippen LogP contribution in [0.3, 0.4) is 0 Å². The normalized spacial score (nSPS) is 18.9. The number of hydrogen-bond acceptors (Lipinski definition) is 2. The van der Waals surface area contributed by atoms with Gasteiger partial charge < -0.3 is 10.6 Å². The van der Waals surface area contributed by atoms with Crippen LogP contribution in [-0.4, -0.2) is 25.0 Å². The van der Waals surface area contributed by atoms with Crippen molar-refractivity contribution >= 4 is 23.6 Å². The lowest BCUT2D eigenvalue weighted by atomic mass is 10.1. The molecule has 2 rings (SSSR count). The molecule has 1 aliphatic rings. The van der Waals surface area contributed by atoms with Crippen LogP contribution in [0.2, 0.25) is 5.02 Å². The van der Waals surface area contributed by atoms with Gasteiger partial charge in [-0.1, -0.05) is 23.7 Å². The number of nitrogens with one attached hydrogen (secondary N) is 2. The lowest BCUT2D eigenvalue weighted by Gasteiger charge is -2.09. The minimum absolute atomic E-state index is 0.0482. The summed E-state index contributed by atoms with van der Waals surface area (Å²) >= 11 is 5.80. The van der Waals surface area contributed by atoms with Crippen LogP contribution in [-0.2, 0) is 4.79 Å². The molecule has 2 N–H and O–H groups in total. The molecule has 0 bridgehead atoms. The van der Waals surface area contributed by atoms with Crippen LogP contribution in [0, 0.1) is 0 Å². The minimum atomic E-state index is -0.0482. The van der Waals surface area contributed by atoms with Crippen LogP contribution < -0.4 is 10.6 Å². The van der Waals surface area contributed by atoms with Crippen LogP contribution in [0.4, 0.5) is 0 Å². The van der Waals surface area contributed by atoms with E-state index in [1.54, 1.807) is 12.2 Å². The Morgan fingerprint density at radius 2 is 2.21 bits per heavy atom. The fraction of sp³-hybridized carbons (Fsp3) is 0.400. The Kier molecular flexibility index (Phi) is 5.43. The summed E-state index contributed by atoms with van der Waals surface area (Å²) in [7, 11) is 0. The molecule has 4 heteroatoms. The second kappa shape index (κ2) is 7.31. The zero-order valence-electron chi connectivity index (χ0n) is 10.9. The van der Waals surface area contributed by atoms with Crippen molar-refractivity contribution in [1.82, 2.24) is 10.6 Å². The molecule has 1 fully saturated rings. The first-order valence-electron chi connectivity index (χ1n) is 6.69. The van der Waals surface area contributed by atoms with Crippen LogP contribution in [0.15, 0.2) is 30.3 Å². The second-order valence-corrected chi connectivity index (χ2v) is 5.19. The molecule has 0 aliphatic carbocycles. The van der Waals surface area contributed by atoms with Gasteiger partial charge in [-0.3, -0.25) is 4.79 Å². The maximum absolute atomic E-state index is 11.6. The number of amides is 1. The standard InChI is InChI=1S/C15H19ClN2O/c16-13-6-3-12(4-7-13)5-8-15(19)18-11-9-14-2-1-10-17-14/h3-8,14,17H,1-2,9-11H2,(H,18,19)/b8-5+/t14-/m1/s1. The largest absolute Gasteiger partial charge is 0.352 e. The summed E-state index contributed by atoms with van der Waals surface area (Å²) in [5.41, 5.74) is 0.969. The topological polar surface area (TPSA) is 41.1 Å². The predicted molar refractivity (Wildman–Crippen MR) is 79.1 cm³/mol. The molecule has 1 aromatic rings. The minimum Gasteiger partial charge on any atom is -0.352 e. The maximum atomic E-state index is 11.6. The van der Waals surface area contributed by atoms with E-state index < -0.39 is 0 Å². The third-order valence-corrected chi connectivity index (χ3v) is 3.50. The highest BCUT2D eigenvalue weighted by Crippen LogP contribution is 2.10. The first kappa shape index (κ1) is 14.1. The Hall–Kier alpha value is -1.32. The van der Waals surface area contributed by atoms with E-state index in [1.165, 1.54) is 12.8 Å². The summed E-state index contributed by atoms with van der Waals surface area (Å²) in [4.78, 5) is 11.6. The van der Waals surface area contributed by atoms with E-state index in [-0.39, 0.29) is 5.91 Å². The Morgan fingerprint density at radius 1 is 1.42 bits per heavy atom. The Labute approximate surface area is 119 Å². The van der Waals surface area contributed by atoms with Crippen LogP contribution >= 0.6 is 11.6 Å². The summed E-state index contributed by atoms with van der Waals surface area (Å²) in [6, 6.07) is 7.96. The van der Waals surface area contributed by atoms with Crippen LogP contribution in [0.25, 0.3) is 6.08 Å². The number of carbonyl (C=O) groups excluding carboxylic acids is 1. The molecule has 1 aliphatic heterocycles. The second-order valence-electron chi connectivity index (χ2n) is 4.76. The van der Waals surface area contributed by atoms with Gasteiger partial charge in [-0.2, -0.15) is 0 Å². The molecule has 1 amide bonds. The lowest BCUT2D eigenvalue weighted by Crippen LogP contribution is -2.29. The average Bonchev–Trinajstić information content (AvgIpc) is 2.91. The molecular weight excluding hydrogens is 260 g/mol. The summed E-state index contributed by atoms with van der Waals surface area (Å²) in [5.74, 6) is -0.0482. The van der Waals surface area contributed by atoms with Gasteiger partial charge in [-0.25, -0.2) is 0 Å². The van der Waals surface area contributed by atoms with Crippen molar-refractivity contribution in [2.24, 2.45) is 0 Å². The van der Waals surface area contributed by atoms with Gasteiger partial charge in [0.2, 0.25) is 5.91 Å². The quantitative estimate of drug-likeness (QED) is 0.813. The molecule has 0 aromatic heterocycles. The Balaban J connectivity index is 1.69. The molecule has 0 unspecified atom stereocenters. The van der Waals surface area contributed by atoms with Gasteiger partial charge in [-0.05, 0) is 49.6 Å². The van der Waals surface area contributed by atoms with Gasteiger partial charge in [-0.15, -0.1) is 0 Å². The van der Waals surface area contributed by atoms with Crippen LogP contribution in [0.5, 0.6) is 0 Å². The van der Waals surface area contributed by atoms with Gasteiger partial charge in [0.25, 0.3) is 0 Å². The molecule has 0 spiro atoms. The van der Waals surface area contributed by atoms with Crippen molar-refractivity contribution in [3.8, 4) is 0 Å². The van der Waals surface area contributed by atoms with E-state index >= 15 is 0 Å². The molecule has 19 heavy (non-hydrogen) atoms. The van der Waals surface area contributed by atoms with Crippen molar-refractivity contribution in [2.45, 2.75) is 25.3 Å². The van der Waals surface area contributed by atoms with Crippen molar-refractivity contribution < 1.29 is 4.79 Å². The van der Waals surface area contributed by atoms with E-state index in [4.69, 9.17) is 11.6 Å². The highest BCUT2D eigenvalue weighted by molar-refractivity contribution is 6.30. The maximum Gasteiger partial charge on any atom is 0.243 e. The lowest BCUT2D eigenvalue weighted by molar-refractivity contribution is -0.116. The molecular formula is C15H19ClN2O. The van der Waals surface area contributed by atoms with E-state index in [9.17, 15) is 4.79 Å². The van der Waals surface area contributed by atoms with Crippen molar-refractivity contribution in [3.05, 3.63) is 40.9 Å². The Bertz CT molecular complexity index is 436. The first-order valence-corrected chi connectivity index (χ1v) is 7.07. The summed E-state index contributed by atoms with van der Waals surface area (Å²) in [6.07, 6.45) is 6.82. The van der Waals surface area contributed by atoms with E-state index in [2.05, 4.69) is 10.6 Å². The van der Waals surface area contributed by atoms with Gasteiger partial charge in [0.15, 0.2) is 0 Å². The highest BCUT2D eigenvalue weighted by atomic mass is 35.5. The molecule has 102 valence electrons. The Morgan fingerprint density at radius 3 is 2.89 bits per heavy atom. The van der Waals surface area contributed by atoms with Gasteiger partial charge in [0.05, 0.1) is 0 Å². The fourth-order valence-electron chi connectivity index (χ4n) is 2.18. The summed E-state index contributed by atoms with van der Waals surface area (Å²) in [5, 5.41) is 7.01. The van der Waals surface area contributed by atoms with Crippen LogP contribution in [0.1, 0.15) is 24.8 Å². The molecule has 1 atom stereocenters. The molecule has 0 saturated carbocycles. The molecule has 0 radical (unpaired) electrons. The number of rotatable bonds is 5. The number of halogens is 1. The van der Waals surface area contributed by atoms with Crippen molar-refractivity contribution in [1.29, 1.82) is 0 Å². The predicted octanol–water partition coefficient (Wildman–Crippen LogP) is 2.61. The third kappa shape index (κ3) is 5.05. The number of carbonyl (C=O) groups is 1. The third-order valence-electron chi connectivity index (χ3n) is 3.25.